The molecular weight excluding hydrogens is 467 g/mol. The summed E-state index contributed by atoms with van der Waals surface area (Å²) < 4.78 is 41.9. The average Bonchev–Trinajstić information content (AvgIpc) is 2.74. The van der Waals surface area contributed by atoms with Crippen LogP contribution in [0.1, 0.15) is 0 Å². The highest BCUT2D eigenvalue weighted by Crippen LogP contribution is 2.33. The number of hydrogen-bond acceptors (Lipinski definition) is 10. The Labute approximate surface area is 194 Å². The molecule has 0 aromatic carbocycles. The van der Waals surface area contributed by atoms with Gasteiger partial charge in [0.2, 0.25) is 5.91 Å². The van der Waals surface area contributed by atoms with Gasteiger partial charge in [0.05, 0.1) is 77.8 Å². The first-order valence-corrected chi connectivity index (χ1v) is 13.2. The molecule has 0 bridgehead atoms. The molecule has 0 aromatic rings. The molecule has 1 amide bonds. The minimum Gasteiger partial charge on any atom is -0.382 e. The smallest absolute Gasteiger partial charge is 0.327 e. The van der Waals surface area contributed by atoms with Crippen molar-refractivity contribution in [2.75, 3.05) is 97.9 Å². The highest BCUT2D eigenvalue weighted by molar-refractivity contribution is 7.99. The van der Waals surface area contributed by atoms with Crippen LogP contribution >= 0.6 is 19.4 Å². The Hall–Kier alpha value is -0.310. The van der Waals surface area contributed by atoms with Gasteiger partial charge < -0.3 is 49.3 Å². The molecule has 14 heteroatoms. The number of amides is 1. The SMILES string of the molecule is COC[C@H](CSC[C@H](N)C(=O)NCCOCCOCCOCCOCCP(=O)(O)O)OC. The summed E-state index contributed by atoms with van der Waals surface area (Å²) in [5, 5.41) is 2.73. The van der Waals surface area contributed by atoms with Crippen LogP contribution in [0.2, 0.25) is 0 Å². The van der Waals surface area contributed by atoms with E-state index in [4.69, 9.17) is 43.9 Å². The maximum Gasteiger partial charge on any atom is 0.327 e. The second-order valence-corrected chi connectivity index (χ2v) is 9.44. The zero-order chi connectivity index (χ0) is 24.1. The van der Waals surface area contributed by atoms with E-state index in [9.17, 15) is 9.36 Å². The topological polar surface area (TPSA) is 168 Å². The van der Waals surface area contributed by atoms with Crippen molar-refractivity contribution in [1.82, 2.24) is 5.32 Å². The van der Waals surface area contributed by atoms with Gasteiger partial charge in [0.1, 0.15) is 0 Å². The molecule has 0 heterocycles. The Morgan fingerprint density at radius 1 is 0.938 bits per heavy atom. The number of methoxy groups -OCH3 is 2. The van der Waals surface area contributed by atoms with Crippen molar-refractivity contribution in [3.63, 3.8) is 0 Å². The number of hydrogen-bond donors (Lipinski definition) is 4. The van der Waals surface area contributed by atoms with E-state index in [1.165, 1.54) is 0 Å². The number of thioether (sulfide) groups is 1. The third kappa shape index (κ3) is 21.5. The monoisotopic (exact) mass is 506 g/mol. The van der Waals surface area contributed by atoms with Crippen molar-refractivity contribution in [3.8, 4) is 0 Å². The van der Waals surface area contributed by atoms with Gasteiger partial charge in [0.15, 0.2) is 0 Å². The van der Waals surface area contributed by atoms with E-state index in [1.807, 2.05) is 0 Å². The van der Waals surface area contributed by atoms with Gasteiger partial charge in [-0.3, -0.25) is 9.36 Å². The lowest BCUT2D eigenvalue weighted by molar-refractivity contribution is -0.122. The van der Waals surface area contributed by atoms with Gasteiger partial charge in [0, 0.05) is 32.3 Å². The maximum atomic E-state index is 11.9. The molecule has 0 saturated carbocycles. The predicted molar refractivity (Wildman–Crippen MR) is 121 cm³/mol. The molecule has 0 radical (unpaired) electrons. The summed E-state index contributed by atoms with van der Waals surface area (Å²) in [6.07, 6.45) is -0.319. The molecule has 0 rings (SSSR count). The molecule has 192 valence electrons. The predicted octanol–water partition coefficient (Wildman–Crippen LogP) is -0.931. The van der Waals surface area contributed by atoms with Gasteiger partial charge in [0.25, 0.3) is 0 Å². The normalized spacial score (nSPS) is 13.8. The summed E-state index contributed by atoms with van der Waals surface area (Å²) in [4.78, 5) is 29.3. The molecule has 0 saturated heterocycles. The van der Waals surface area contributed by atoms with Crippen LogP contribution in [0.15, 0.2) is 0 Å². The van der Waals surface area contributed by atoms with Crippen LogP contribution < -0.4 is 11.1 Å². The highest BCUT2D eigenvalue weighted by Gasteiger charge is 2.15. The lowest BCUT2D eigenvalue weighted by atomic mass is 10.3. The van der Waals surface area contributed by atoms with Gasteiger partial charge in [-0.15, -0.1) is 0 Å². The minimum absolute atomic E-state index is 0.00345. The van der Waals surface area contributed by atoms with Crippen molar-refractivity contribution in [2.24, 2.45) is 5.73 Å². The van der Waals surface area contributed by atoms with Crippen LogP contribution in [0.3, 0.4) is 0 Å². The summed E-state index contributed by atoms with van der Waals surface area (Å²) in [6.45, 7) is 3.36. The third-order valence-corrected chi connectivity index (χ3v) is 5.78. The highest BCUT2D eigenvalue weighted by atomic mass is 32.2. The zero-order valence-electron chi connectivity index (χ0n) is 18.9. The van der Waals surface area contributed by atoms with Gasteiger partial charge in [-0.1, -0.05) is 0 Å². The second kappa shape index (κ2) is 21.2. The van der Waals surface area contributed by atoms with Crippen LogP contribution in [0, 0.1) is 0 Å². The van der Waals surface area contributed by atoms with Gasteiger partial charge in [-0.05, 0) is 0 Å². The largest absolute Gasteiger partial charge is 0.382 e. The van der Waals surface area contributed by atoms with Crippen molar-refractivity contribution >= 4 is 25.3 Å². The van der Waals surface area contributed by atoms with Crippen molar-refractivity contribution in [2.45, 2.75) is 12.1 Å². The van der Waals surface area contributed by atoms with Gasteiger partial charge in [-0.2, -0.15) is 11.8 Å². The molecule has 0 aliphatic carbocycles. The van der Waals surface area contributed by atoms with Crippen molar-refractivity contribution in [1.29, 1.82) is 0 Å². The first kappa shape index (κ1) is 31.7. The minimum atomic E-state index is -4.00. The molecule has 0 unspecified atom stereocenters. The summed E-state index contributed by atoms with van der Waals surface area (Å²) >= 11 is 1.54. The van der Waals surface area contributed by atoms with E-state index < -0.39 is 13.6 Å². The van der Waals surface area contributed by atoms with E-state index in [-0.39, 0.29) is 31.4 Å². The second-order valence-electron chi connectivity index (χ2n) is 6.59. The summed E-state index contributed by atoms with van der Waals surface area (Å²) in [6, 6.07) is -0.597. The summed E-state index contributed by atoms with van der Waals surface area (Å²) in [5.74, 6) is 0.971. The molecule has 0 fully saturated rings. The fourth-order valence-corrected chi connectivity index (χ4v) is 3.50. The summed E-state index contributed by atoms with van der Waals surface area (Å²) in [5.41, 5.74) is 5.87. The molecule has 0 aromatic heterocycles. The van der Waals surface area contributed by atoms with Crippen molar-refractivity contribution in [3.05, 3.63) is 0 Å². The Morgan fingerprint density at radius 3 is 1.97 bits per heavy atom. The van der Waals surface area contributed by atoms with E-state index >= 15 is 0 Å². The zero-order valence-corrected chi connectivity index (χ0v) is 20.7. The molecule has 12 nitrogen and oxygen atoms in total. The van der Waals surface area contributed by atoms with E-state index in [2.05, 4.69) is 5.32 Å². The fourth-order valence-electron chi connectivity index (χ4n) is 2.09. The van der Waals surface area contributed by atoms with Crippen LogP contribution in [-0.2, 0) is 37.8 Å². The molecule has 0 spiro atoms. The Morgan fingerprint density at radius 2 is 1.47 bits per heavy atom. The molecule has 5 N–H and O–H groups in total. The fraction of sp³-hybridized carbons (Fsp3) is 0.944. The Kier molecular flexibility index (Phi) is 21.0. The van der Waals surface area contributed by atoms with Gasteiger partial charge >= 0.3 is 7.60 Å². The Bertz CT molecular complexity index is 500. The quantitative estimate of drug-likeness (QED) is 0.0994. The Balaban J connectivity index is 3.40. The van der Waals surface area contributed by atoms with Crippen molar-refractivity contribution < 1.29 is 47.6 Å². The average molecular weight is 507 g/mol. The van der Waals surface area contributed by atoms with Crippen LogP contribution in [0.5, 0.6) is 0 Å². The van der Waals surface area contributed by atoms with Crippen LogP contribution in [0.4, 0.5) is 0 Å². The number of rotatable bonds is 23. The molecule has 0 aliphatic rings. The third-order valence-electron chi connectivity index (χ3n) is 3.81. The van der Waals surface area contributed by atoms with Crippen LogP contribution in [0.25, 0.3) is 0 Å². The standard InChI is InChI=1S/C18H39N2O10PS/c1-25-13-16(26-2)14-32-15-17(19)18(21)20-3-4-27-5-6-28-7-8-29-9-10-30-11-12-31(22,23)24/h16-17H,3-15,19H2,1-2H3,(H,20,21)(H2,22,23,24)/t16-,17+/m1/s1. The number of ether oxygens (including phenoxy) is 6. The first-order chi connectivity index (χ1) is 15.3. The summed E-state index contributed by atoms with van der Waals surface area (Å²) in [7, 11) is -0.769. The molecular formula is C18H39N2O10PS. The number of nitrogens with one attached hydrogen (secondary N) is 1. The van der Waals surface area contributed by atoms with E-state index in [0.29, 0.717) is 64.3 Å². The van der Waals surface area contributed by atoms with Gasteiger partial charge in [-0.25, -0.2) is 0 Å². The molecule has 2 atom stereocenters. The molecule has 0 aliphatic heterocycles. The number of carbonyl (C=O) groups is 1. The maximum absolute atomic E-state index is 11.9. The van der Waals surface area contributed by atoms with E-state index in [1.54, 1.807) is 26.0 Å². The number of nitrogens with two attached hydrogens (primary N) is 1. The number of carbonyl (C=O) groups excluding carboxylic acids is 1. The van der Waals surface area contributed by atoms with Crippen LogP contribution in [-0.4, -0.2) is 126 Å². The lowest BCUT2D eigenvalue weighted by Crippen LogP contribution is -2.43. The molecule has 32 heavy (non-hydrogen) atoms. The lowest BCUT2D eigenvalue weighted by Gasteiger charge is -2.16. The van der Waals surface area contributed by atoms with E-state index in [0.717, 1.165) is 0 Å². The first-order valence-electron chi connectivity index (χ1n) is 10.3.